The van der Waals surface area contributed by atoms with Crippen molar-refractivity contribution in [1.29, 1.82) is 0 Å². The summed E-state index contributed by atoms with van der Waals surface area (Å²) in [5.74, 6) is -3.99. The van der Waals surface area contributed by atoms with Crippen LogP contribution in [0.4, 0.5) is 0 Å². The minimum absolute atomic E-state index is 0.244. The lowest BCUT2D eigenvalue weighted by molar-refractivity contribution is 0.0152. The zero-order chi connectivity index (χ0) is 39.9. The van der Waals surface area contributed by atoms with E-state index in [1.807, 2.05) is 0 Å². The average Bonchev–Trinajstić information content (AvgIpc) is 3.25. The SMILES string of the molecule is O=C1c2cccc3cccc(c23)C(=O)N1CC(COc1nnc(Cl)nn1)(CN1C(=O)c2cccc3cccc(c23)C1=O)CN1C(=O)c2cccc3cccc(c23)C1=O. The average molecular weight is 788 g/mol. The molecular formula is C43H26ClN7O7. The van der Waals surface area contributed by atoms with Crippen LogP contribution in [0.15, 0.2) is 109 Å². The van der Waals surface area contributed by atoms with E-state index in [0.29, 0.717) is 32.3 Å². The third-order valence-electron chi connectivity index (χ3n) is 11.0. The predicted octanol–water partition coefficient (Wildman–Crippen LogP) is 5.63. The van der Waals surface area contributed by atoms with E-state index in [4.69, 9.17) is 16.3 Å². The van der Waals surface area contributed by atoms with Crippen LogP contribution in [-0.2, 0) is 0 Å². The largest absolute Gasteiger partial charge is 0.460 e. The molecule has 0 unspecified atom stereocenters. The molecule has 14 nitrogen and oxygen atoms in total. The molecule has 1 aromatic heterocycles. The Kier molecular flexibility index (Phi) is 7.88. The normalized spacial score (nSPS) is 15.0. The summed E-state index contributed by atoms with van der Waals surface area (Å²) in [4.78, 5) is 90.2. The second-order valence-electron chi connectivity index (χ2n) is 14.5. The number of halogens is 1. The van der Waals surface area contributed by atoms with Crippen LogP contribution in [0.5, 0.6) is 6.01 Å². The monoisotopic (exact) mass is 787 g/mol. The van der Waals surface area contributed by atoms with E-state index < -0.39 is 67.1 Å². The summed E-state index contributed by atoms with van der Waals surface area (Å²) in [6.45, 7) is -2.20. The molecule has 0 saturated carbocycles. The van der Waals surface area contributed by atoms with E-state index in [2.05, 4.69) is 20.4 Å². The van der Waals surface area contributed by atoms with E-state index in [1.165, 1.54) is 0 Å². The summed E-state index contributed by atoms with van der Waals surface area (Å²) in [5, 5.41) is 18.3. The summed E-state index contributed by atoms with van der Waals surface area (Å²) in [7, 11) is 0. The first-order chi connectivity index (χ1) is 28.1. The van der Waals surface area contributed by atoms with E-state index in [1.54, 1.807) is 109 Å². The van der Waals surface area contributed by atoms with Crippen molar-refractivity contribution in [1.82, 2.24) is 35.1 Å². The van der Waals surface area contributed by atoms with Gasteiger partial charge in [-0.3, -0.25) is 43.5 Å². The van der Waals surface area contributed by atoms with Crippen LogP contribution in [0.3, 0.4) is 0 Å². The Morgan fingerprint density at radius 2 is 0.707 bits per heavy atom. The van der Waals surface area contributed by atoms with Crippen molar-refractivity contribution in [3.8, 4) is 6.01 Å². The van der Waals surface area contributed by atoms with Gasteiger partial charge in [0.2, 0.25) is 0 Å². The van der Waals surface area contributed by atoms with Crippen LogP contribution in [0.25, 0.3) is 32.3 Å². The molecule has 0 saturated heterocycles. The fourth-order valence-electron chi connectivity index (χ4n) is 8.45. The molecule has 6 amide bonds. The third kappa shape index (κ3) is 5.33. The summed E-state index contributed by atoms with van der Waals surface area (Å²) in [5.41, 5.74) is -0.337. The molecule has 3 aliphatic rings. The van der Waals surface area contributed by atoms with Crippen molar-refractivity contribution in [3.05, 3.63) is 148 Å². The highest BCUT2D eigenvalue weighted by Gasteiger charge is 2.49. The maximum absolute atomic E-state index is 14.5. The molecule has 7 aromatic rings. The predicted molar refractivity (Wildman–Crippen MR) is 209 cm³/mol. The van der Waals surface area contributed by atoms with Gasteiger partial charge in [-0.15, -0.1) is 10.2 Å². The second kappa shape index (κ2) is 13.1. The van der Waals surface area contributed by atoms with E-state index in [-0.39, 0.29) is 44.7 Å². The second-order valence-corrected chi connectivity index (χ2v) is 14.8. The summed E-state index contributed by atoms with van der Waals surface area (Å²) < 4.78 is 6.09. The molecule has 4 heterocycles. The highest BCUT2D eigenvalue weighted by molar-refractivity contribution is 6.28. The van der Waals surface area contributed by atoms with Crippen LogP contribution in [0, 0.1) is 5.41 Å². The summed E-state index contributed by atoms with van der Waals surface area (Å²) in [6, 6.07) is 30.2. The van der Waals surface area contributed by atoms with Crippen LogP contribution in [-0.4, -0.2) is 96.8 Å². The quantitative estimate of drug-likeness (QED) is 0.166. The van der Waals surface area contributed by atoms with Crippen LogP contribution < -0.4 is 4.74 Å². The number of benzene rings is 6. The number of aromatic nitrogens is 4. The lowest BCUT2D eigenvalue weighted by atomic mass is 9.82. The molecule has 0 bridgehead atoms. The molecule has 0 N–H and O–H groups in total. The zero-order valence-corrected chi connectivity index (χ0v) is 30.8. The number of amides is 6. The van der Waals surface area contributed by atoms with E-state index in [0.717, 1.165) is 14.7 Å². The number of carbonyl (C=O) groups is 6. The fraction of sp³-hybridized carbons (Fsp3) is 0.116. The van der Waals surface area contributed by atoms with Crippen LogP contribution in [0.1, 0.15) is 62.1 Å². The number of nitrogens with zero attached hydrogens (tertiary/aromatic N) is 7. The van der Waals surface area contributed by atoms with Gasteiger partial charge in [-0.2, -0.15) is 0 Å². The number of imide groups is 3. The maximum Gasteiger partial charge on any atom is 0.355 e. The minimum atomic E-state index is -1.80. The molecule has 0 radical (unpaired) electrons. The van der Waals surface area contributed by atoms with Crippen molar-refractivity contribution >= 4 is 79.4 Å². The van der Waals surface area contributed by atoms with Crippen molar-refractivity contribution in [2.45, 2.75) is 0 Å². The first-order valence-electron chi connectivity index (χ1n) is 18.1. The van der Waals surface area contributed by atoms with Gasteiger partial charge in [-0.25, -0.2) is 0 Å². The minimum Gasteiger partial charge on any atom is -0.460 e. The topological polar surface area (TPSA) is 173 Å². The van der Waals surface area contributed by atoms with Gasteiger partial charge in [0, 0.05) is 69.2 Å². The van der Waals surface area contributed by atoms with Gasteiger partial charge in [0.15, 0.2) is 0 Å². The van der Waals surface area contributed by atoms with Gasteiger partial charge in [0.1, 0.15) is 6.61 Å². The van der Waals surface area contributed by atoms with Gasteiger partial charge in [0.25, 0.3) is 40.7 Å². The molecule has 10 rings (SSSR count). The molecule has 0 fully saturated rings. The highest BCUT2D eigenvalue weighted by atomic mass is 35.5. The number of ether oxygens (including phenoxy) is 1. The van der Waals surface area contributed by atoms with Gasteiger partial charge >= 0.3 is 6.01 Å². The number of hydrogen-bond donors (Lipinski definition) is 0. The molecule has 0 aliphatic carbocycles. The smallest absolute Gasteiger partial charge is 0.355 e. The molecule has 3 aliphatic heterocycles. The lowest BCUT2D eigenvalue weighted by Gasteiger charge is -2.44. The van der Waals surface area contributed by atoms with Crippen LogP contribution in [0.2, 0.25) is 5.28 Å². The summed E-state index contributed by atoms with van der Waals surface area (Å²) in [6.07, 6.45) is 0. The summed E-state index contributed by atoms with van der Waals surface area (Å²) >= 11 is 5.86. The highest BCUT2D eigenvalue weighted by Crippen LogP contribution is 2.38. The van der Waals surface area contributed by atoms with E-state index in [9.17, 15) is 28.8 Å². The third-order valence-corrected chi connectivity index (χ3v) is 11.1. The molecule has 282 valence electrons. The van der Waals surface area contributed by atoms with Crippen molar-refractivity contribution < 1.29 is 33.5 Å². The van der Waals surface area contributed by atoms with Gasteiger partial charge in [-0.1, -0.05) is 83.0 Å². The Balaban J connectivity index is 1.14. The Morgan fingerprint density at radius 3 is 0.983 bits per heavy atom. The Hall–Kier alpha value is -7.45. The van der Waals surface area contributed by atoms with E-state index >= 15 is 0 Å². The Labute approximate surface area is 332 Å². The lowest BCUT2D eigenvalue weighted by Crippen LogP contribution is -2.60. The standard InChI is InChI=1S/C43H26ClN7O7/c44-41-45-47-42(48-46-41)58-22-43(19-49-35(52)26-13-1-7-23-8-2-14-27(32(23)26)36(49)53,20-50-37(54)28-15-3-9-24-10-4-16-29(33(24)28)38(50)55)21-51-39(56)30-17-5-11-25-12-6-18-31(34(25)30)40(51)57/h1-18H,19-22H2. The molecule has 6 aromatic carbocycles. The van der Waals surface area contributed by atoms with Crippen molar-refractivity contribution in [2.24, 2.45) is 5.41 Å². The number of rotatable bonds is 9. The number of hydrogen-bond acceptors (Lipinski definition) is 11. The first-order valence-corrected chi connectivity index (χ1v) is 18.5. The Bertz CT molecular complexity index is 2580. The zero-order valence-electron chi connectivity index (χ0n) is 30.1. The molecule has 58 heavy (non-hydrogen) atoms. The van der Waals surface area contributed by atoms with Gasteiger partial charge in [0.05, 0.1) is 5.41 Å². The molecule has 0 spiro atoms. The Morgan fingerprint density at radius 1 is 0.431 bits per heavy atom. The fourth-order valence-corrected chi connectivity index (χ4v) is 8.52. The van der Waals surface area contributed by atoms with Crippen molar-refractivity contribution in [3.63, 3.8) is 0 Å². The maximum atomic E-state index is 14.5. The molecule has 0 atom stereocenters. The van der Waals surface area contributed by atoms with Crippen molar-refractivity contribution in [2.75, 3.05) is 26.2 Å². The van der Waals surface area contributed by atoms with Gasteiger partial charge < -0.3 is 4.74 Å². The first kappa shape index (κ1) is 35.0. The number of carbonyl (C=O) groups excluding carboxylic acids is 6. The molecule has 15 heteroatoms. The molecular weight excluding hydrogens is 762 g/mol. The van der Waals surface area contributed by atoms with Crippen LogP contribution >= 0.6 is 11.6 Å². The van der Waals surface area contributed by atoms with Gasteiger partial charge in [-0.05, 0) is 64.2 Å².